The summed E-state index contributed by atoms with van der Waals surface area (Å²) in [6.07, 6.45) is 1.04. The van der Waals surface area contributed by atoms with E-state index in [1.807, 2.05) is 12.1 Å². The molecule has 2 aliphatic rings. The molecule has 0 aliphatic carbocycles. The molecular weight excluding hydrogens is 505 g/mol. The van der Waals surface area contributed by atoms with E-state index < -0.39 is 0 Å². The third kappa shape index (κ3) is 8.55. The van der Waals surface area contributed by atoms with Crippen LogP contribution in [0.25, 0.3) is 0 Å². The molecule has 0 aromatic heterocycles. The predicted molar refractivity (Wildman–Crippen MR) is 128 cm³/mol. The molecule has 0 amide bonds. The van der Waals surface area contributed by atoms with Crippen molar-refractivity contribution in [3.8, 4) is 0 Å². The Balaban J connectivity index is 0.00000300. The Bertz CT molecular complexity index is 607. The van der Waals surface area contributed by atoms with Gasteiger partial charge in [0.15, 0.2) is 5.96 Å². The lowest BCUT2D eigenvalue weighted by molar-refractivity contribution is 0.0180. The van der Waals surface area contributed by atoms with Crippen molar-refractivity contribution >= 4 is 41.5 Å². The van der Waals surface area contributed by atoms with E-state index in [9.17, 15) is 0 Å². The summed E-state index contributed by atoms with van der Waals surface area (Å²) in [6, 6.07) is 8.19. The van der Waals surface area contributed by atoms with E-state index in [1.54, 1.807) is 0 Å². The lowest BCUT2D eigenvalue weighted by Crippen LogP contribution is -2.41. The normalized spacial score (nSPS) is 20.1. The van der Waals surface area contributed by atoms with Gasteiger partial charge in [-0.2, -0.15) is 0 Å². The first-order valence-electron chi connectivity index (χ1n) is 10.1. The molecule has 1 unspecified atom stereocenters. The average molecular weight is 538 g/mol. The Labute approximate surface area is 196 Å². The van der Waals surface area contributed by atoms with Gasteiger partial charge in [0.1, 0.15) is 0 Å². The van der Waals surface area contributed by atoms with Crippen LogP contribution in [-0.2, 0) is 9.47 Å². The van der Waals surface area contributed by atoms with E-state index >= 15 is 0 Å². The van der Waals surface area contributed by atoms with E-state index in [-0.39, 0.29) is 30.0 Å². The summed E-state index contributed by atoms with van der Waals surface area (Å²) < 4.78 is 10.9. The largest absolute Gasteiger partial charge is 0.379 e. The first-order chi connectivity index (χ1) is 13.7. The summed E-state index contributed by atoms with van der Waals surface area (Å²) in [7, 11) is 0. The minimum Gasteiger partial charge on any atom is -0.379 e. The SMILES string of the molecule is I.NC(=NCC(c1ccc(Cl)cc1)N1CCOCC1)NCCCN1CCOCC1. The number of hydrogen-bond donors (Lipinski definition) is 2. The van der Waals surface area contributed by atoms with Crippen LogP contribution in [0.5, 0.6) is 0 Å². The highest BCUT2D eigenvalue weighted by atomic mass is 127. The van der Waals surface area contributed by atoms with Gasteiger partial charge in [0.25, 0.3) is 0 Å². The lowest BCUT2D eigenvalue weighted by Gasteiger charge is -2.34. The van der Waals surface area contributed by atoms with Crippen molar-refractivity contribution in [3.05, 3.63) is 34.9 Å². The number of morpholine rings is 2. The van der Waals surface area contributed by atoms with Crippen molar-refractivity contribution in [2.75, 3.05) is 72.2 Å². The number of guanidine groups is 1. The number of nitrogens with zero attached hydrogens (tertiary/aromatic N) is 3. The maximum atomic E-state index is 6.11. The fourth-order valence-electron chi connectivity index (χ4n) is 3.59. The minimum absolute atomic E-state index is 0. The molecule has 0 saturated carbocycles. The molecule has 2 fully saturated rings. The Kier molecular flexibility index (Phi) is 11.6. The van der Waals surface area contributed by atoms with Crippen LogP contribution >= 0.6 is 35.6 Å². The van der Waals surface area contributed by atoms with Crippen LogP contribution in [0.1, 0.15) is 18.0 Å². The van der Waals surface area contributed by atoms with Gasteiger partial charge in [-0.05, 0) is 30.7 Å². The molecule has 1 aromatic carbocycles. The zero-order chi connectivity index (χ0) is 19.6. The molecule has 29 heavy (non-hydrogen) atoms. The Morgan fingerprint density at radius 3 is 2.34 bits per heavy atom. The minimum atomic E-state index is 0. The van der Waals surface area contributed by atoms with E-state index in [1.165, 1.54) is 5.56 Å². The number of aliphatic imine (C=N–C) groups is 1. The van der Waals surface area contributed by atoms with Crippen LogP contribution in [0, 0.1) is 0 Å². The van der Waals surface area contributed by atoms with Gasteiger partial charge < -0.3 is 20.5 Å². The highest BCUT2D eigenvalue weighted by molar-refractivity contribution is 14.0. The summed E-state index contributed by atoms with van der Waals surface area (Å²) in [5, 5.41) is 3.99. The Morgan fingerprint density at radius 1 is 1.07 bits per heavy atom. The molecule has 2 saturated heterocycles. The molecule has 1 atom stereocenters. The van der Waals surface area contributed by atoms with Crippen LogP contribution < -0.4 is 11.1 Å². The van der Waals surface area contributed by atoms with Gasteiger partial charge in [0.05, 0.1) is 39.0 Å². The molecule has 2 heterocycles. The summed E-state index contributed by atoms with van der Waals surface area (Å²) in [6.45, 7) is 9.52. The molecule has 0 spiro atoms. The quantitative estimate of drug-likeness (QED) is 0.229. The topological polar surface area (TPSA) is 75.3 Å². The molecule has 0 radical (unpaired) electrons. The highest BCUT2D eigenvalue weighted by Gasteiger charge is 2.22. The second-order valence-corrected chi connectivity index (χ2v) is 7.61. The van der Waals surface area contributed by atoms with Crippen LogP contribution in [0.3, 0.4) is 0 Å². The highest BCUT2D eigenvalue weighted by Crippen LogP contribution is 2.24. The molecule has 7 nitrogen and oxygen atoms in total. The summed E-state index contributed by atoms with van der Waals surface area (Å²) in [5.41, 5.74) is 7.32. The van der Waals surface area contributed by atoms with Crippen molar-refractivity contribution in [1.82, 2.24) is 15.1 Å². The number of nitrogens with one attached hydrogen (secondary N) is 1. The predicted octanol–water partition coefficient (Wildman–Crippen LogP) is 1.96. The smallest absolute Gasteiger partial charge is 0.188 e. The van der Waals surface area contributed by atoms with E-state index in [4.69, 9.17) is 26.8 Å². The average Bonchev–Trinajstić information content (AvgIpc) is 2.74. The maximum Gasteiger partial charge on any atom is 0.188 e. The molecule has 164 valence electrons. The maximum absolute atomic E-state index is 6.11. The standard InChI is InChI=1S/C20H32ClN5O2.HI/c21-18-4-2-17(3-5-18)19(26-10-14-28-15-11-26)16-24-20(22)23-6-1-7-25-8-12-27-13-9-25;/h2-5,19H,1,6-16H2,(H3,22,23,24);1H. The lowest BCUT2D eigenvalue weighted by atomic mass is 10.0. The van der Waals surface area contributed by atoms with Crippen LogP contribution in [-0.4, -0.2) is 88.0 Å². The fraction of sp³-hybridized carbons (Fsp3) is 0.650. The van der Waals surface area contributed by atoms with Crippen molar-refractivity contribution in [3.63, 3.8) is 0 Å². The van der Waals surface area contributed by atoms with Crippen molar-refractivity contribution < 1.29 is 9.47 Å². The Hall–Kier alpha value is -0.650. The summed E-state index contributed by atoms with van der Waals surface area (Å²) in [4.78, 5) is 9.45. The van der Waals surface area contributed by atoms with Crippen LogP contribution in [0.15, 0.2) is 29.3 Å². The van der Waals surface area contributed by atoms with Gasteiger partial charge in [-0.1, -0.05) is 23.7 Å². The van der Waals surface area contributed by atoms with Gasteiger partial charge >= 0.3 is 0 Å². The van der Waals surface area contributed by atoms with Crippen molar-refractivity contribution in [2.24, 2.45) is 10.7 Å². The Morgan fingerprint density at radius 2 is 1.69 bits per heavy atom. The van der Waals surface area contributed by atoms with E-state index in [2.05, 4.69) is 32.2 Å². The zero-order valence-electron chi connectivity index (χ0n) is 16.9. The third-order valence-corrected chi connectivity index (χ3v) is 5.49. The second-order valence-electron chi connectivity index (χ2n) is 7.18. The summed E-state index contributed by atoms with van der Waals surface area (Å²) in [5.74, 6) is 0.509. The summed E-state index contributed by atoms with van der Waals surface area (Å²) >= 11 is 6.06. The molecule has 3 N–H and O–H groups in total. The molecule has 0 bridgehead atoms. The van der Waals surface area contributed by atoms with Crippen LogP contribution in [0.4, 0.5) is 0 Å². The van der Waals surface area contributed by atoms with Gasteiger partial charge in [0.2, 0.25) is 0 Å². The number of rotatable bonds is 8. The third-order valence-electron chi connectivity index (χ3n) is 5.24. The van der Waals surface area contributed by atoms with Crippen LogP contribution in [0.2, 0.25) is 5.02 Å². The molecule has 1 aromatic rings. The number of ether oxygens (including phenoxy) is 2. The van der Waals surface area contributed by atoms with Crippen molar-refractivity contribution in [2.45, 2.75) is 12.5 Å². The molecule has 3 rings (SSSR count). The van der Waals surface area contributed by atoms with Crippen molar-refractivity contribution in [1.29, 1.82) is 0 Å². The van der Waals surface area contributed by atoms with Gasteiger partial charge in [-0.25, -0.2) is 0 Å². The number of nitrogens with two attached hydrogens (primary N) is 1. The van der Waals surface area contributed by atoms with Gasteiger partial charge in [-0.15, -0.1) is 24.0 Å². The van der Waals surface area contributed by atoms with E-state index in [0.29, 0.717) is 12.5 Å². The molecular formula is C20H33ClIN5O2. The zero-order valence-corrected chi connectivity index (χ0v) is 20.0. The molecule has 9 heteroatoms. The number of hydrogen-bond acceptors (Lipinski definition) is 5. The monoisotopic (exact) mass is 537 g/mol. The first kappa shape index (κ1) is 24.6. The number of benzene rings is 1. The fourth-order valence-corrected chi connectivity index (χ4v) is 3.72. The second kappa shape index (κ2) is 13.6. The van der Waals surface area contributed by atoms with Gasteiger partial charge in [-0.3, -0.25) is 14.8 Å². The van der Waals surface area contributed by atoms with Gasteiger partial charge in [0, 0.05) is 37.7 Å². The number of halogens is 2. The van der Waals surface area contributed by atoms with E-state index in [0.717, 1.165) is 77.1 Å². The molecule has 2 aliphatic heterocycles. The first-order valence-corrected chi connectivity index (χ1v) is 10.5.